The number of aromatic nitrogens is 1. The van der Waals surface area contributed by atoms with Crippen LogP contribution in [0, 0.1) is 0 Å². The van der Waals surface area contributed by atoms with E-state index in [1.54, 1.807) is 6.26 Å². The van der Waals surface area contributed by atoms with E-state index in [9.17, 15) is 0 Å². The standard InChI is InChI=1S/C7H11NO/c1-7(2,3)6-4-9-5-8-6/h4-5H,1-3H3. The molecule has 9 heavy (non-hydrogen) atoms. The summed E-state index contributed by atoms with van der Waals surface area (Å²) in [5.41, 5.74) is 1.12. The lowest BCUT2D eigenvalue weighted by molar-refractivity contribution is 0.537. The van der Waals surface area contributed by atoms with E-state index < -0.39 is 0 Å². The second-order valence-corrected chi connectivity index (χ2v) is 3.12. The van der Waals surface area contributed by atoms with Crippen molar-refractivity contribution in [3.63, 3.8) is 0 Å². The number of oxazole rings is 1. The molecule has 0 unspecified atom stereocenters. The largest absolute Gasteiger partial charge is 0.451 e. The van der Waals surface area contributed by atoms with E-state index >= 15 is 0 Å². The van der Waals surface area contributed by atoms with Crippen LogP contribution in [0.2, 0.25) is 0 Å². The summed E-state index contributed by atoms with van der Waals surface area (Å²) in [4.78, 5) is 4.02. The molecular formula is C7H11NO. The lowest BCUT2D eigenvalue weighted by atomic mass is 9.93. The maximum Gasteiger partial charge on any atom is 0.180 e. The topological polar surface area (TPSA) is 26.0 Å². The van der Waals surface area contributed by atoms with Crippen molar-refractivity contribution in [2.75, 3.05) is 0 Å². The zero-order valence-electron chi connectivity index (χ0n) is 6.01. The van der Waals surface area contributed by atoms with Gasteiger partial charge in [0.25, 0.3) is 0 Å². The fraction of sp³-hybridized carbons (Fsp3) is 0.571. The zero-order valence-corrected chi connectivity index (χ0v) is 6.01. The average Bonchev–Trinajstić information content (AvgIpc) is 2.08. The van der Waals surface area contributed by atoms with Gasteiger partial charge in [-0.05, 0) is 0 Å². The second kappa shape index (κ2) is 1.87. The molecule has 1 heterocycles. The summed E-state index contributed by atoms with van der Waals surface area (Å²) in [7, 11) is 0. The van der Waals surface area contributed by atoms with Crippen LogP contribution in [0.25, 0.3) is 0 Å². The van der Waals surface area contributed by atoms with Gasteiger partial charge in [0.2, 0.25) is 0 Å². The minimum atomic E-state index is 0.118. The van der Waals surface area contributed by atoms with Crippen LogP contribution in [0.15, 0.2) is 17.1 Å². The van der Waals surface area contributed by atoms with Crippen molar-refractivity contribution in [3.8, 4) is 0 Å². The van der Waals surface area contributed by atoms with E-state index in [-0.39, 0.29) is 5.41 Å². The summed E-state index contributed by atoms with van der Waals surface area (Å²) in [6.07, 6.45) is 3.14. The lowest BCUT2D eigenvalue weighted by Crippen LogP contribution is -2.10. The highest BCUT2D eigenvalue weighted by molar-refractivity contribution is 5.05. The van der Waals surface area contributed by atoms with Crippen LogP contribution in [0.3, 0.4) is 0 Å². The minimum Gasteiger partial charge on any atom is -0.451 e. The van der Waals surface area contributed by atoms with Crippen LogP contribution in [0.4, 0.5) is 0 Å². The van der Waals surface area contributed by atoms with Gasteiger partial charge in [-0.1, -0.05) is 20.8 Å². The van der Waals surface area contributed by atoms with Gasteiger partial charge in [0, 0.05) is 5.41 Å². The Morgan fingerprint density at radius 1 is 1.44 bits per heavy atom. The van der Waals surface area contributed by atoms with Crippen LogP contribution in [0.5, 0.6) is 0 Å². The molecule has 0 saturated heterocycles. The molecule has 1 aromatic heterocycles. The average molecular weight is 125 g/mol. The van der Waals surface area contributed by atoms with E-state index in [2.05, 4.69) is 25.8 Å². The molecule has 50 valence electrons. The molecule has 0 saturated carbocycles. The van der Waals surface area contributed by atoms with Gasteiger partial charge in [-0.25, -0.2) is 4.98 Å². The molecule has 0 aromatic carbocycles. The molecule has 0 fully saturated rings. The molecule has 0 aliphatic rings. The molecule has 0 atom stereocenters. The maximum atomic E-state index is 4.83. The van der Waals surface area contributed by atoms with Gasteiger partial charge < -0.3 is 4.42 Å². The Morgan fingerprint density at radius 2 is 2.11 bits per heavy atom. The molecule has 1 rings (SSSR count). The zero-order chi connectivity index (χ0) is 6.91. The van der Waals surface area contributed by atoms with Gasteiger partial charge in [-0.15, -0.1) is 0 Å². The summed E-state index contributed by atoms with van der Waals surface area (Å²) in [6.45, 7) is 6.31. The highest BCUT2D eigenvalue weighted by Gasteiger charge is 2.15. The molecule has 0 aliphatic carbocycles. The van der Waals surface area contributed by atoms with Crippen molar-refractivity contribution in [3.05, 3.63) is 18.4 Å². The number of hydrogen-bond acceptors (Lipinski definition) is 2. The molecule has 2 heteroatoms. The first kappa shape index (κ1) is 6.33. The van der Waals surface area contributed by atoms with Gasteiger partial charge in [-0.2, -0.15) is 0 Å². The van der Waals surface area contributed by atoms with Crippen molar-refractivity contribution in [1.82, 2.24) is 4.98 Å². The Labute approximate surface area is 54.9 Å². The molecule has 0 bridgehead atoms. The van der Waals surface area contributed by atoms with Crippen molar-refractivity contribution < 1.29 is 4.42 Å². The summed E-state index contributed by atoms with van der Waals surface area (Å²) >= 11 is 0. The highest BCUT2D eigenvalue weighted by Crippen LogP contribution is 2.18. The van der Waals surface area contributed by atoms with Crippen molar-refractivity contribution in [1.29, 1.82) is 0 Å². The van der Waals surface area contributed by atoms with Gasteiger partial charge in [0.1, 0.15) is 6.26 Å². The Balaban J connectivity index is 2.90. The molecule has 2 nitrogen and oxygen atoms in total. The summed E-state index contributed by atoms with van der Waals surface area (Å²) in [5, 5.41) is 0. The number of hydrogen-bond donors (Lipinski definition) is 0. The molecule has 1 aromatic rings. The van der Waals surface area contributed by atoms with E-state index in [0.29, 0.717) is 0 Å². The van der Waals surface area contributed by atoms with E-state index in [0.717, 1.165) is 5.69 Å². The lowest BCUT2D eigenvalue weighted by Gasteiger charge is -2.12. The first-order valence-electron chi connectivity index (χ1n) is 2.99. The third-order valence-corrected chi connectivity index (χ3v) is 1.20. The Morgan fingerprint density at radius 3 is 2.33 bits per heavy atom. The quantitative estimate of drug-likeness (QED) is 0.529. The molecule has 0 N–H and O–H groups in total. The van der Waals surface area contributed by atoms with Crippen LogP contribution in [-0.4, -0.2) is 4.98 Å². The van der Waals surface area contributed by atoms with Crippen LogP contribution in [0.1, 0.15) is 26.5 Å². The van der Waals surface area contributed by atoms with E-state index in [1.165, 1.54) is 6.39 Å². The fourth-order valence-corrected chi connectivity index (χ4v) is 0.583. The first-order chi connectivity index (χ1) is 4.11. The first-order valence-corrected chi connectivity index (χ1v) is 2.99. The maximum absolute atomic E-state index is 4.83. The van der Waals surface area contributed by atoms with E-state index in [4.69, 9.17) is 4.42 Å². The SMILES string of the molecule is CC(C)(C)c1cocn1. The van der Waals surface area contributed by atoms with Gasteiger partial charge in [0.05, 0.1) is 5.69 Å². The monoisotopic (exact) mass is 125 g/mol. The second-order valence-electron chi connectivity index (χ2n) is 3.12. The van der Waals surface area contributed by atoms with Gasteiger partial charge in [-0.3, -0.25) is 0 Å². The highest BCUT2D eigenvalue weighted by atomic mass is 16.3. The predicted octanol–water partition coefficient (Wildman–Crippen LogP) is 1.97. The van der Waals surface area contributed by atoms with Crippen molar-refractivity contribution in [2.24, 2.45) is 0 Å². The minimum absolute atomic E-state index is 0.118. The number of nitrogens with zero attached hydrogens (tertiary/aromatic N) is 1. The summed E-state index contributed by atoms with van der Waals surface area (Å²) < 4.78 is 4.83. The molecule has 0 amide bonds. The van der Waals surface area contributed by atoms with Crippen LogP contribution in [-0.2, 0) is 5.41 Å². The van der Waals surface area contributed by atoms with Crippen molar-refractivity contribution in [2.45, 2.75) is 26.2 Å². The third-order valence-electron chi connectivity index (χ3n) is 1.20. The van der Waals surface area contributed by atoms with Crippen molar-refractivity contribution >= 4 is 0 Å². The van der Waals surface area contributed by atoms with Crippen LogP contribution < -0.4 is 0 Å². The van der Waals surface area contributed by atoms with E-state index in [1.807, 2.05) is 0 Å². The Hall–Kier alpha value is -0.790. The van der Waals surface area contributed by atoms with Crippen LogP contribution >= 0.6 is 0 Å². The Bertz CT molecular complexity index is 171. The Kier molecular flexibility index (Phi) is 1.31. The van der Waals surface area contributed by atoms with Gasteiger partial charge >= 0.3 is 0 Å². The predicted molar refractivity (Wildman–Crippen MR) is 35.2 cm³/mol. The molecule has 0 radical (unpaired) electrons. The normalized spacial score (nSPS) is 11.9. The third kappa shape index (κ3) is 1.31. The molecule has 0 aliphatic heterocycles. The molecule has 0 spiro atoms. The summed E-state index contributed by atoms with van der Waals surface area (Å²) in [5.74, 6) is 0. The summed E-state index contributed by atoms with van der Waals surface area (Å²) in [6, 6.07) is 0. The smallest absolute Gasteiger partial charge is 0.180 e. The number of rotatable bonds is 0. The van der Waals surface area contributed by atoms with Gasteiger partial charge in [0.15, 0.2) is 6.39 Å². The fourth-order valence-electron chi connectivity index (χ4n) is 0.583. The molecular weight excluding hydrogens is 114 g/mol.